The van der Waals surface area contributed by atoms with Crippen molar-refractivity contribution >= 4 is 23.5 Å². The number of rotatable bonds is 3. The van der Waals surface area contributed by atoms with E-state index in [2.05, 4.69) is 0 Å². The van der Waals surface area contributed by atoms with E-state index >= 15 is 0 Å². The summed E-state index contributed by atoms with van der Waals surface area (Å²) in [4.78, 5) is 37.6. The van der Waals surface area contributed by atoms with Crippen LogP contribution in [-0.4, -0.2) is 22.9 Å². The lowest BCUT2D eigenvalue weighted by Crippen LogP contribution is -2.29. The van der Waals surface area contributed by atoms with Gasteiger partial charge in [-0.3, -0.25) is 9.59 Å². The van der Waals surface area contributed by atoms with Crippen LogP contribution < -0.4 is 4.90 Å². The van der Waals surface area contributed by atoms with Gasteiger partial charge >= 0.3 is 5.97 Å². The zero-order chi connectivity index (χ0) is 18.3. The maximum atomic E-state index is 12.5. The summed E-state index contributed by atoms with van der Waals surface area (Å²) in [6, 6.07) is 20.1. The molecule has 0 aliphatic carbocycles. The lowest BCUT2D eigenvalue weighted by atomic mass is 9.99. The van der Waals surface area contributed by atoms with Gasteiger partial charge < -0.3 is 5.11 Å². The fourth-order valence-electron chi connectivity index (χ4n) is 3.14. The first-order valence-electron chi connectivity index (χ1n) is 7.98. The number of carbonyl (C=O) groups excluding carboxylic acids is 2. The smallest absolute Gasteiger partial charge is 0.336 e. The maximum Gasteiger partial charge on any atom is 0.336 e. The number of aromatic carboxylic acids is 1. The van der Waals surface area contributed by atoms with Crippen molar-refractivity contribution in [3.05, 3.63) is 89.5 Å². The number of nitrogens with zero attached hydrogens (tertiary/aromatic N) is 1. The van der Waals surface area contributed by atoms with E-state index in [1.165, 1.54) is 6.07 Å². The Morgan fingerprint density at radius 3 is 1.73 bits per heavy atom. The molecular formula is C21H13NO4. The molecule has 1 N–H and O–H groups in total. The molecule has 0 aromatic heterocycles. The molecular weight excluding hydrogens is 330 g/mol. The van der Waals surface area contributed by atoms with Gasteiger partial charge in [-0.15, -0.1) is 0 Å². The van der Waals surface area contributed by atoms with Crippen molar-refractivity contribution in [2.45, 2.75) is 0 Å². The van der Waals surface area contributed by atoms with E-state index < -0.39 is 5.97 Å². The second kappa shape index (κ2) is 5.97. The summed E-state index contributed by atoms with van der Waals surface area (Å²) >= 11 is 0. The Kier molecular flexibility index (Phi) is 3.62. The van der Waals surface area contributed by atoms with E-state index in [0.717, 1.165) is 4.90 Å². The first-order valence-corrected chi connectivity index (χ1v) is 7.98. The monoisotopic (exact) mass is 343 g/mol. The summed E-state index contributed by atoms with van der Waals surface area (Å²) in [6.07, 6.45) is 0. The Hall–Kier alpha value is -3.73. The molecule has 1 aliphatic heterocycles. The third-order valence-corrected chi connectivity index (χ3v) is 4.39. The van der Waals surface area contributed by atoms with Crippen LogP contribution in [0.4, 0.5) is 5.69 Å². The van der Waals surface area contributed by atoms with Gasteiger partial charge in [0.15, 0.2) is 0 Å². The molecule has 0 bridgehead atoms. The zero-order valence-corrected chi connectivity index (χ0v) is 13.5. The summed E-state index contributed by atoms with van der Waals surface area (Å²) in [6.45, 7) is 0. The molecule has 0 fully saturated rings. The molecule has 4 rings (SSSR count). The molecule has 26 heavy (non-hydrogen) atoms. The van der Waals surface area contributed by atoms with E-state index in [1.54, 1.807) is 66.7 Å². The molecule has 0 spiro atoms. The number of hydrogen-bond donors (Lipinski definition) is 1. The largest absolute Gasteiger partial charge is 0.478 e. The van der Waals surface area contributed by atoms with E-state index in [-0.39, 0.29) is 17.4 Å². The van der Waals surface area contributed by atoms with Crippen LogP contribution in [0.1, 0.15) is 31.1 Å². The Labute approximate surface area is 149 Å². The van der Waals surface area contributed by atoms with Crippen molar-refractivity contribution in [3.63, 3.8) is 0 Å². The molecule has 3 aromatic carbocycles. The fraction of sp³-hybridized carbons (Fsp3) is 0. The van der Waals surface area contributed by atoms with Crippen molar-refractivity contribution in [1.82, 2.24) is 0 Å². The summed E-state index contributed by atoms with van der Waals surface area (Å²) < 4.78 is 0. The number of carboxylic acid groups (broad SMARTS) is 1. The van der Waals surface area contributed by atoms with Crippen LogP contribution in [0.3, 0.4) is 0 Å². The molecule has 5 heteroatoms. The van der Waals surface area contributed by atoms with Gasteiger partial charge in [0.25, 0.3) is 11.8 Å². The Morgan fingerprint density at radius 1 is 0.692 bits per heavy atom. The number of carbonyl (C=O) groups is 3. The van der Waals surface area contributed by atoms with E-state index in [9.17, 15) is 19.5 Å². The normalized spacial score (nSPS) is 13.0. The second-order valence-corrected chi connectivity index (χ2v) is 5.89. The van der Waals surface area contributed by atoms with Gasteiger partial charge in [-0.2, -0.15) is 0 Å². The molecule has 1 aliphatic rings. The number of anilines is 1. The average molecular weight is 343 g/mol. The van der Waals surface area contributed by atoms with Crippen LogP contribution in [0.2, 0.25) is 0 Å². The number of imide groups is 1. The molecule has 3 aromatic rings. The van der Waals surface area contributed by atoms with E-state index in [1.807, 2.05) is 0 Å². The predicted octanol–water partition coefficient (Wildman–Crippen LogP) is 3.85. The summed E-state index contributed by atoms with van der Waals surface area (Å²) in [7, 11) is 0. The van der Waals surface area contributed by atoms with Gasteiger partial charge in [-0.1, -0.05) is 42.5 Å². The molecule has 0 unspecified atom stereocenters. The SMILES string of the molecule is O=C(O)c1ccccc1-c1ccc(N2C(=O)c3ccccc3C2=O)cc1. The molecule has 2 amide bonds. The highest BCUT2D eigenvalue weighted by molar-refractivity contribution is 6.34. The van der Waals surface area contributed by atoms with E-state index in [0.29, 0.717) is 27.9 Å². The van der Waals surface area contributed by atoms with Crippen molar-refractivity contribution in [1.29, 1.82) is 0 Å². The zero-order valence-electron chi connectivity index (χ0n) is 13.5. The van der Waals surface area contributed by atoms with Gasteiger partial charge in [0.2, 0.25) is 0 Å². The maximum absolute atomic E-state index is 12.5. The van der Waals surface area contributed by atoms with Crippen LogP contribution in [0.15, 0.2) is 72.8 Å². The molecule has 5 nitrogen and oxygen atoms in total. The summed E-state index contributed by atoms with van der Waals surface area (Å²) in [5.74, 6) is -1.72. The highest BCUT2D eigenvalue weighted by Gasteiger charge is 2.36. The number of benzene rings is 3. The van der Waals surface area contributed by atoms with Gasteiger partial charge in [-0.25, -0.2) is 9.69 Å². The highest BCUT2D eigenvalue weighted by Crippen LogP contribution is 2.31. The quantitative estimate of drug-likeness (QED) is 0.733. The van der Waals surface area contributed by atoms with Crippen molar-refractivity contribution in [2.24, 2.45) is 0 Å². The lowest BCUT2D eigenvalue weighted by molar-refractivity contribution is 0.0697. The Morgan fingerprint density at radius 2 is 1.19 bits per heavy atom. The van der Waals surface area contributed by atoms with Crippen LogP contribution >= 0.6 is 0 Å². The van der Waals surface area contributed by atoms with Crippen molar-refractivity contribution < 1.29 is 19.5 Å². The first-order chi connectivity index (χ1) is 12.6. The molecule has 1 heterocycles. The van der Waals surface area contributed by atoms with E-state index in [4.69, 9.17) is 0 Å². The Balaban J connectivity index is 1.71. The third kappa shape index (κ3) is 2.38. The predicted molar refractivity (Wildman–Crippen MR) is 96.4 cm³/mol. The molecule has 126 valence electrons. The molecule has 0 atom stereocenters. The van der Waals surface area contributed by atoms with Crippen LogP contribution in [0, 0.1) is 0 Å². The first kappa shape index (κ1) is 15.8. The minimum atomic E-state index is -1.01. The van der Waals surface area contributed by atoms with Gasteiger partial charge in [0, 0.05) is 0 Å². The van der Waals surface area contributed by atoms with Crippen LogP contribution in [0.5, 0.6) is 0 Å². The van der Waals surface area contributed by atoms with Gasteiger partial charge in [0.1, 0.15) is 0 Å². The molecule has 0 saturated carbocycles. The van der Waals surface area contributed by atoms with Gasteiger partial charge in [-0.05, 0) is 41.5 Å². The lowest BCUT2D eigenvalue weighted by Gasteiger charge is -2.15. The minimum absolute atomic E-state index is 0.195. The standard InChI is InChI=1S/C21H13NO4/c23-19-16-6-2-3-7-17(16)20(24)22(19)14-11-9-13(10-12-14)15-5-1-4-8-18(15)21(25)26/h1-12H,(H,25,26). The molecule has 0 radical (unpaired) electrons. The summed E-state index contributed by atoms with van der Waals surface area (Å²) in [5, 5.41) is 9.33. The van der Waals surface area contributed by atoms with Crippen LogP contribution in [0.25, 0.3) is 11.1 Å². The fourth-order valence-corrected chi connectivity index (χ4v) is 3.14. The van der Waals surface area contributed by atoms with Gasteiger partial charge in [0.05, 0.1) is 22.4 Å². The second-order valence-electron chi connectivity index (χ2n) is 5.89. The number of hydrogen-bond acceptors (Lipinski definition) is 3. The molecule has 0 saturated heterocycles. The Bertz CT molecular complexity index is 1020. The third-order valence-electron chi connectivity index (χ3n) is 4.39. The van der Waals surface area contributed by atoms with Crippen molar-refractivity contribution in [3.8, 4) is 11.1 Å². The topological polar surface area (TPSA) is 74.7 Å². The van der Waals surface area contributed by atoms with Crippen LogP contribution in [-0.2, 0) is 0 Å². The summed E-state index contributed by atoms with van der Waals surface area (Å²) in [5.41, 5.74) is 2.70. The van der Waals surface area contributed by atoms with Crippen molar-refractivity contribution in [2.75, 3.05) is 4.90 Å². The average Bonchev–Trinajstić information content (AvgIpc) is 2.93. The number of fused-ring (bicyclic) bond motifs is 1. The highest BCUT2D eigenvalue weighted by atomic mass is 16.4. The number of carboxylic acids is 1. The number of amides is 2. The minimum Gasteiger partial charge on any atom is -0.478 e.